The van der Waals surface area contributed by atoms with Crippen molar-refractivity contribution in [2.45, 2.75) is 24.7 Å². The zero-order valence-corrected chi connectivity index (χ0v) is 16.8. The van der Waals surface area contributed by atoms with Gasteiger partial charge < -0.3 is 0 Å². The van der Waals surface area contributed by atoms with Crippen LogP contribution in [0.25, 0.3) is 0 Å². The quantitative estimate of drug-likeness (QED) is 0.266. The molecule has 0 aromatic heterocycles. The fraction of sp³-hybridized carbons (Fsp3) is 0.571. The maximum absolute atomic E-state index is 12.8. The molecule has 188 valence electrons. The molecule has 0 aliphatic heterocycles. The molecule has 32 heavy (non-hydrogen) atoms. The molecule has 18 heteroatoms. The predicted octanol–water partition coefficient (Wildman–Crippen LogP) is 6.49. The molecule has 0 atom stereocenters. The number of alkyl halides is 12. The van der Waals surface area contributed by atoms with Crippen LogP contribution in [-0.4, -0.2) is 51.1 Å². The van der Waals surface area contributed by atoms with Crippen molar-refractivity contribution in [3.63, 3.8) is 0 Å². The van der Waals surface area contributed by atoms with Gasteiger partial charge >= 0.3 is 176 Å². The van der Waals surface area contributed by atoms with Crippen LogP contribution < -0.4 is 5.30 Å². The molecule has 1 rings (SSSR count). The van der Waals surface area contributed by atoms with Crippen molar-refractivity contribution in [1.82, 2.24) is 0 Å². The van der Waals surface area contributed by atoms with E-state index in [1.807, 2.05) is 0 Å². The molecule has 0 radical (unpaired) electrons. The summed E-state index contributed by atoms with van der Waals surface area (Å²) in [6, 6.07) is 2.36. The zero-order valence-electron chi connectivity index (χ0n) is 15.1. The number of benzene rings is 1. The van der Waals surface area contributed by atoms with Crippen LogP contribution in [0.5, 0.6) is 0 Å². The average molecular weight is 539 g/mol. The Bertz CT molecular complexity index is 661. The summed E-state index contributed by atoms with van der Waals surface area (Å²) in [6.07, 6.45) is -21.8. The molecule has 0 amide bonds. The van der Waals surface area contributed by atoms with Crippen LogP contribution in [0.15, 0.2) is 24.3 Å². The third-order valence-corrected chi connectivity index (χ3v) is 6.74. The van der Waals surface area contributed by atoms with Gasteiger partial charge in [0.15, 0.2) is 0 Å². The van der Waals surface area contributed by atoms with Gasteiger partial charge in [-0.1, -0.05) is 0 Å². The van der Waals surface area contributed by atoms with E-state index in [2.05, 4.69) is 18.1 Å². The first-order chi connectivity index (χ1) is 14.1. The molecule has 0 aliphatic rings. The van der Waals surface area contributed by atoms with E-state index in [9.17, 15) is 52.7 Å². The van der Waals surface area contributed by atoms with E-state index >= 15 is 0 Å². The van der Waals surface area contributed by atoms with Crippen LogP contribution in [0, 0.1) is 0 Å². The van der Waals surface area contributed by atoms with Crippen LogP contribution in [-0.2, 0) is 18.1 Å². The van der Waals surface area contributed by atoms with Crippen LogP contribution >= 0.6 is 19.1 Å². The Hall–Kier alpha value is -1.06. The molecular weight excluding hydrogens is 527 g/mol. The molecule has 4 nitrogen and oxygen atoms in total. The van der Waals surface area contributed by atoms with Crippen LogP contribution in [0.4, 0.5) is 52.7 Å². The second-order valence-corrected chi connectivity index (χ2v) is 9.45. The normalized spacial score (nSPS) is 15.5. The number of hydrogen-bond donors (Lipinski definition) is 0. The molecule has 0 N–H and O–H groups in total. The van der Waals surface area contributed by atoms with Crippen molar-refractivity contribution in [3.8, 4) is 0 Å². The van der Waals surface area contributed by atoms with Gasteiger partial charge in [-0.3, -0.25) is 0 Å². The second kappa shape index (κ2) is 9.66. The third-order valence-electron chi connectivity index (χ3n) is 3.05. The van der Waals surface area contributed by atoms with Crippen molar-refractivity contribution < 1.29 is 70.8 Å². The monoisotopic (exact) mass is 538 g/mol. The topological polar surface area (TPSA) is 36.9 Å². The number of hydrogen-bond acceptors (Lipinski definition) is 4. The summed E-state index contributed by atoms with van der Waals surface area (Å²) in [5.41, 5.74) is 0. The first kappa shape index (κ1) is 29.0. The van der Waals surface area contributed by atoms with Crippen molar-refractivity contribution in [2.75, 3.05) is 26.4 Å². The average Bonchev–Trinajstić information content (AvgIpc) is 2.59. The maximum atomic E-state index is 12.8. The van der Waals surface area contributed by atoms with Gasteiger partial charge in [-0.25, -0.2) is 0 Å². The summed E-state index contributed by atoms with van der Waals surface area (Å²) < 4.78 is 170. The first-order valence-corrected chi connectivity index (χ1v) is 10.1. The summed E-state index contributed by atoms with van der Waals surface area (Å²) in [5, 5.41) is -1.48. The van der Waals surface area contributed by atoms with Gasteiger partial charge in [0.1, 0.15) is 0 Å². The van der Waals surface area contributed by atoms with E-state index in [4.69, 9.17) is 11.6 Å². The molecule has 0 saturated heterocycles. The zero-order chi connectivity index (χ0) is 25.1. The van der Waals surface area contributed by atoms with E-state index < -0.39 is 63.9 Å². The SMILES string of the molecule is FC(F)(F)COP(OCC(F)(F)F)(OCC(F)(F)F)(OCC(F)(F)F)c1ccc(Cl)cc1. The molecule has 0 aliphatic carbocycles. The van der Waals surface area contributed by atoms with Gasteiger partial charge in [0.25, 0.3) is 0 Å². The molecule has 0 fully saturated rings. The van der Waals surface area contributed by atoms with E-state index in [1.54, 1.807) is 0 Å². The van der Waals surface area contributed by atoms with E-state index in [-0.39, 0.29) is 5.02 Å². The van der Waals surface area contributed by atoms with Crippen molar-refractivity contribution >= 4 is 24.4 Å². The third kappa shape index (κ3) is 9.43. The van der Waals surface area contributed by atoms with Crippen molar-refractivity contribution in [3.05, 3.63) is 29.3 Å². The Balaban J connectivity index is 3.80. The molecule has 0 unspecified atom stereocenters. The molecule has 0 bridgehead atoms. The van der Waals surface area contributed by atoms with Crippen molar-refractivity contribution in [1.29, 1.82) is 0 Å². The molecule has 1 aromatic carbocycles. The summed E-state index contributed by atoms with van der Waals surface area (Å²) in [6.45, 7) is -10.7. The molecule has 1 aromatic rings. The molecule has 0 spiro atoms. The van der Waals surface area contributed by atoms with Gasteiger partial charge in [0.2, 0.25) is 0 Å². The van der Waals surface area contributed by atoms with E-state index in [0.29, 0.717) is 12.1 Å². The van der Waals surface area contributed by atoms with Gasteiger partial charge in [0, 0.05) is 0 Å². The van der Waals surface area contributed by atoms with E-state index in [0.717, 1.165) is 12.1 Å². The Morgan fingerprint density at radius 3 is 1.00 bits per heavy atom. The minimum absolute atomic E-state index is 0.247. The molecular formula is C14H12ClF12O4P. The first-order valence-electron chi connectivity index (χ1n) is 7.80. The van der Waals surface area contributed by atoms with Crippen molar-refractivity contribution in [2.24, 2.45) is 0 Å². The van der Waals surface area contributed by atoms with Crippen LogP contribution in [0.2, 0.25) is 5.02 Å². The Morgan fingerprint density at radius 2 is 0.781 bits per heavy atom. The van der Waals surface area contributed by atoms with Gasteiger partial charge in [-0.05, 0) is 0 Å². The fourth-order valence-electron chi connectivity index (χ4n) is 1.94. The second-order valence-electron chi connectivity index (χ2n) is 5.84. The standard InChI is InChI=1S/C14H12ClF12O4P/c15-9-1-3-10(4-2-9)32(28-5-11(16,17)18,29-6-12(19,20)21,30-7-13(22,23)24)31-8-14(25,26)27/h1-4H,5-8H2. The van der Waals surface area contributed by atoms with Gasteiger partial charge in [0.05, 0.1) is 0 Å². The number of halogens is 13. The van der Waals surface area contributed by atoms with Crippen LogP contribution in [0.1, 0.15) is 0 Å². The van der Waals surface area contributed by atoms with Gasteiger partial charge in [-0.2, -0.15) is 0 Å². The summed E-state index contributed by atoms with van der Waals surface area (Å²) in [4.78, 5) is 0. The fourth-order valence-corrected chi connectivity index (χ4v) is 5.23. The van der Waals surface area contributed by atoms with Crippen LogP contribution in [0.3, 0.4) is 0 Å². The Morgan fingerprint density at radius 1 is 0.531 bits per heavy atom. The predicted molar refractivity (Wildman–Crippen MR) is 86.0 cm³/mol. The number of rotatable bonds is 9. The Kier molecular flexibility index (Phi) is 8.75. The van der Waals surface area contributed by atoms with E-state index in [1.165, 1.54) is 0 Å². The summed E-state index contributed by atoms with van der Waals surface area (Å²) >= 11 is 5.54. The minimum atomic E-state index is -7.14. The van der Waals surface area contributed by atoms with Gasteiger partial charge in [-0.15, -0.1) is 0 Å². The summed E-state index contributed by atoms with van der Waals surface area (Å²) in [5.74, 6) is 0. The molecule has 0 saturated carbocycles. The summed E-state index contributed by atoms with van der Waals surface area (Å²) in [7, 11) is -7.14. The molecule has 0 heterocycles. The Labute approximate surface area is 176 Å².